The first-order valence-corrected chi connectivity index (χ1v) is 4.24. The number of allylic oxidation sites excluding steroid dienone is 1. The highest BCUT2D eigenvalue weighted by atomic mass is 16.5. The Bertz CT molecular complexity index is 226. The summed E-state index contributed by atoms with van der Waals surface area (Å²) in [5.41, 5.74) is -0.580. The zero-order valence-electron chi connectivity index (χ0n) is 8.59. The number of rotatable bonds is 4. The molecule has 3 nitrogen and oxygen atoms in total. The molecule has 0 spiro atoms. The molecule has 0 aliphatic rings. The third kappa shape index (κ3) is 3.87. The molecule has 0 amide bonds. The number of Topliss-reactive ketones (excluding diaryl/α,β-unsaturated/α-hetero) is 1. The number of hydrogen-bond acceptors (Lipinski definition) is 3. The number of ketones is 1. The van der Waals surface area contributed by atoms with Gasteiger partial charge in [0.2, 0.25) is 0 Å². The standard InChI is InChI=1S/C10H16O3/c1-5-8(11)10(2,3)7-6-9(12)13-4/h6-7H,5H2,1-4H3/b7-6+. The van der Waals surface area contributed by atoms with Crippen LogP contribution in [0.25, 0.3) is 0 Å². The first-order chi connectivity index (χ1) is 5.94. The Kier molecular flexibility index (Phi) is 4.38. The van der Waals surface area contributed by atoms with Crippen molar-refractivity contribution in [2.45, 2.75) is 27.2 Å². The largest absolute Gasteiger partial charge is 0.466 e. The molecular formula is C10H16O3. The van der Waals surface area contributed by atoms with Gasteiger partial charge in [-0.05, 0) is 13.8 Å². The van der Waals surface area contributed by atoms with Gasteiger partial charge in [-0.2, -0.15) is 0 Å². The van der Waals surface area contributed by atoms with Crippen LogP contribution in [0, 0.1) is 5.41 Å². The lowest BCUT2D eigenvalue weighted by molar-refractivity contribution is -0.134. The molecular weight excluding hydrogens is 168 g/mol. The van der Waals surface area contributed by atoms with Crippen LogP contribution in [0.2, 0.25) is 0 Å². The van der Waals surface area contributed by atoms with Crippen LogP contribution in [-0.2, 0) is 14.3 Å². The maximum absolute atomic E-state index is 11.3. The van der Waals surface area contributed by atoms with Gasteiger partial charge in [0.15, 0.2) is 0 Å². The average Bonchev–Trinajstić information content (AvgIpc) is 2.12. The summed E-state index contributed by atoms with van der Waals surface area (Å²) in [6.45, 7) is 5.35. The highest BCUT2D eigenvalue weighted by molar-refractivity contribution is 5.88. The Morgan fingerprint density at radius 2 is 1.92 bits per heavy atom. The number of carbonyl (C=O) groups is 2. The van der Waals surface area contributed by atoms with Crippen molar-refractivity contribution >= 4 is 11.8 Å². The first kappa shape index (κ1) is 11.9. The second-order valence-corrected chi connectivity index (χ2v) is 3.35. The lowest BCUT2D eigenvalue weighted by atomic mass is 9.86. The zero-order chi connectivity index (χ0) is 10.5. The van der Waals surface area contributed by atoms with Crippen LogP contribution in [0.4, 0.5) is 0 Å². The van der Waals surface area contributed by atoms with Gasteiger partial charge in [0.25, 0.3) is 0 Å². The van der Waals surface area contributed by atoms with Gasteiger partial charge in [-0.1, -0.05) is 13.0 Å². The fourth-order valence-corrected chi connectivity index (χ4v) is 0.893. The van der Waals surface area contributed by atoms with Crippen LogP contribution in [0.15, 0.2) is 12.2 Å². The van der Waals surface area contributed by atoms with E-state index in [1.165, 1.54) is 13.2 Å². The van der Waals surface area contributed by atoms with Gasteiger partial charge < -0.3 is 4.74 Å². The lowest BCUT2D eigenvalue weighted by Gasteiger charge is -2.16. The van der Waals surface area contributed by atoms with Crippen LogP contribution in [-0.4, -0.2) is 18.9 Å². The molecule has 3 heteroatoms. The second kappa shape index (κ2) is 4.80. The van der Waals surface area contributed by atoms with Crippen LogP contribution in [0.3, 0.4) is 0 Å². The highest BCUT2D eigenvalue weighted by Crippen LogP contribution is 2.19. The Balaban J connectivity index is 4.40. The summed E-state index contributed by atoms with van der Waals surface area (Å²) in [5, 5.41) is 0. The van der Waals surface area contributed by atoms with Crippen molar-refractivity contribution in [3.8, 4) is 0 Å². The summed E-state index contributed by atoms with van der Waals surface area (Å²) in [7, 11) is 1.31. The van der Waals surface area contributed by atoms with Crippen LogP contribution < -0.4 is 0 Å². The van der Waals surface area contributed by atoms with Gasteiger partial charge in [-0.25, -0.2) is 4.79 Å². The minimum absolute atomic E-state index is 0.104. The molecule has 0 saturated carbocycles. The van der Waals surface area contributed by atoms with Crippen LogP contribution >= 0.6 is 0 Å². The van der Waals surface area contributed by atoms with Crippen molar-refractivity contribution < 1.29 is 14.3 Å². The summed E-state index contributed by atoms with van der Waals surface area (Å²) in [6.07, 6.45) is 3.33. The molecule has 0 unspecified atom stereocenters. The Morgan fingerprint density at radius 1 is 1.38 bits per heavy atom. The minimum Gasteiger partial charge on any atom is -0.466 e. The maximum atomic E-state index is 11.3. The van der Waals surface area contributed by atoms with E-state index < -0.39 is 11.4 Å². The molecule has 13 heavy (non-hydrogen) atoms. The number of esters is 1. The van der Waals surface area contributed by atoms with Gasteiger partial charge in [-0.3, -0.25) is 4.79 Å². The lowest BCUT2D eigenvalue weighted by Crippen LogP contribution is -2.20. The molecule has 0 heterocycles. The Hall–Kier alpha value is -1.12. The molecule has 0 aliphatic heterocycles. The molecule has 0 aromatic carbocycles. The smallest absolute Gasteiger partial charge is 0.330 e. The molecule has 0 aliphatic carbocycles. The van der Waals surface area contributed by atoms with Crippen molar-refractivity contribution in [2.24, 2.45) is 5.41 Å². The number of methoxy groups -OCH3 is 1. The topological polar surface area (TPSA) is 43.4 Å². The van der Waals surface area contributed by atoms with E-state index in [2.05, 4.69) is 4.74 Å². The van der Waals surface area contributed by atoms with E-state index in [9.17, 15) is 9.59 Å². The zero-order valence-corrected chi connectivity index (χ0v) is 8.59. The molecule has 0 aromatic heterocycles. The third-order valence-electron chi connectivity index (χ3n) is 1.88. The second-order valence-electron chi connectivity index (χ2n) is 3.35. The summed E-state index contributed by atoms with van der Waals surface area (Å²) >= 11 is 0. The Morgan fingerprint density at radius 3 is 2.31 bits per heavy atom. The van der Waals surface area contributed by atoms with Gasteiger partial charge in [0.1, 0.15) is 5.78 Å². The number of carbonyl (C=O) groups excluding carboxylic acids is 2. The van der Waals surface area contributed by atoms with Crippen molar-refractivity contribution in [1.29, 1.82) is 0 Å². The van der Waals surface area contributed by atoms with E-state index in [0.717, 1.165) is 0 Å². The average molecular weight is 184 g/mol. The van der Waals surface area contributed by atoms with Gasteiger partial charge in [-0.15, -0.1) is 0 Å². The summed E-state index contributed by atoms with van der Waals surface area (Å²) < 4.78 is 4.42. The van der Waals surface area contributed by atoms with E-state index >= 15 is 0 Å². The van der Waals surface area contributed by atoms with E-state index in [1.54, 1.807) is 26.8 Å². The molecule has 0 aromatic rings. The first-order valence-electron chi connectivity index (χ1n) is 4.24. The molecule has 0 rings (SSSR count). The van der Waals surface area contributed by atoms with E-state index in [0.29, 0.717) is 6.42 Å². The molecule has 0 N–H and O–H groups in total. The SMILES string of the molecule is CCC(=O)C(C)(C)/C=C/C(=O)OC. The van der Waals surface area contributed by atoms with Crippen molar-refractivity contribution in [3.63, 3.8) is 0 Å². The fourth-order valence-electron chi connectivity index (χ4n) is 0.893. The summed E-state index contributed by atoms with van der Waals surface area (Å²) in [6, 6.07) is 0. The summed E-state index contributed by atoms with van der Waals surface area (Å²) in [4.78, 5) is 22.1. The quantitative estimate of drug-likeness (QED) is 0.493. The van der Waals surface area contributed by atoms with Crippen LogP contribution in [0.5, 0.6) is 0 Å². The molecule has 0 fully saturated rings. The summed E-state index contributed by atoms with van der Waals surface area (Å²) in [5.74, 6) is -0.329. The Labute approximate surface area is 78.8 Å². The molecule has 74 valence electrons. The highest BCUT2D eigenvalue weighted by Gasteiger charge is 2.22. The van der Waals surface area contributed by atoms with E-state index in [1.807, 2.05) is 0 Å². The monoisotopic (exact) mass is 184 g/mol. The van der Waals surface area contributed by atoms with E-state index in [4.69, 9.17) is 0 Å². The van der Waals surface area contributed by atoms with Crippen LogP contribution in [0.1, 0.15) is 27.2 Å². The van der Waals surface area contributed by atoms with Crippen molar-refractivity contribution in [3.05, 3.63) is 12.2 Å². The van der Waals surface area contributed by atoms with Crippen molar-refractivity contribution in [1.82, 2.24) is 0 Å². The van der Waals surface area contributed by atoms with Gasteiger partial charge >= 0.3 is 5.97 Å². The normalized spacial score (nSPS) is 11.7. The van der Waals surface area contributed by atoms with Crippen molar-refractivity contribution in [2.75, 3.05) is 7.11 Å². The molecule has 0 radical (unpaired) electrons. The maximum Gasteiger partial charge on any atom is 0.330 e. The predicted molar refractivity (Wildman–Crippen MR) is 50.2 cm³/mol. The molecule has 0 saturated heterocycles. The molecule has 0 atom stereocenters. The number of hydrogen-bond donors (Lipinski definition) is 0. The number of ether oxygens (including phenoxy) is 1. The van der Waals surface area contributed by atoms with Gasteiger partial charge in [0.05, 0.1) is 7.11 Å². The predicted octanol–water partition coefficient (Wildman–Crippen LogP) is 1.72. The van der Waals surface area contributed by atoms with E-state index in [-0.39, 0.29) is 5.78 Å². The fraction of sp³-hybridized carbons (Fsp3) is 0.600. The molecule has 0 bridgehead atoms. The van der Waals surface area contributed by atoms with Gasteiger partial charge in [0, 0.05) is 17.9 Å². The minimum atomic E-state index is -0.580. The third-order valence-corrected chi connectivity index (χ3v) is 1.88.